The van der Waals surface area contributed by atoms with Crippen molar-refractivity contribution in [3.05, 3.63) is 57.6 Å². The monoisotopic (exact) mass is 392 g/mol. The van der Waals surface area contributed by atoms with Crippen LogP contribution >= 0.6 is 15.9 Å². The summed E-state index contributed by atoms with van der Waals surface area (Å²) in [6, 6.07) is 10.1. The summed E-state index contributed by atoms with van der Waals surface area (Å²) in [5, 5.41) is 0. The van der Waals surface area contributed by atoms with Crippen LogP contribution in [0.25, 0.3) is 0 Å². The van der Waals surface area contributed by atoms with Crippen molar-refractivity contribution in [2.45, 2.75) is 6.92 Å². The number of carbonyl (C=O) groups is 2. The van der Waals surface area contributed by atoms with Gasteiger partial charge in [-0.15, -0.1) is 0 Å². The van der Waals surface area contributed by atoms with Crippen LogP contribution in [0.3, 0.4) is 0 Å². The number of hydrazine groups is 1. The van der Waals surface area contributed by atoms with E-state index in [0.717, 1.165) is 5.56 Å². The van der Waals surface area contributed by atoms with Crippen molar-refractivity contribution in [2.75, 3.05) is 14.2 Å². The molecule has 0 spiro atoms. The zero-order valence-electron chi connectivity index (χ0n) is 13.5. The number of rotatable bonds is 4. The third kappa shape index (κ3) is 3.86. The van der Waals surface area contributed by atoms with Crippen molar-refractivity contribution >= 4 is 27.7 Å². The lowest BCUT2D eigenvalue weighted by Crippen LogP contribution is -2.41. The lowest BCUT2D eigenvalue weighted by molar-refractivity contribution is 0.0846. The summed E-state index contributed by atoms with van der Waals surface area (Å²) in [6.07, 6.45) is 0. The molecular weight excluding hydrogens is 376 g/mol. The van der Waals surface area contributed by atoms with Gasteiger partial charge in [-0.05, 0) is 47.1 Å². The predicted octanol–water partition coefficient (Wildman–Crippen LogP) is 2.85. The molecule has 2 amide bonds. The minimum Gasteiger partial charge on any atom is -0.496 e. The second-order valence-electron chi connectivity index (χ2n) is 4.89. The highest BCUT2D eigenvalue weighted by Crippen LogP contribution is 2.29. The average Bonchev–Trinajstić information content (AvgIpc) is 2.59. The van der Waals surface area contributed by atoms with Crippen LogP contribution in [0.5, 0.6) is 11.5 Å². The molecule has 0 aliphatic rings. The fourth-order valence-electron chi connectivity index (χ4n) is 2.12. The van der Waals surface area contributed by atoms with E-state index in [1.54, 1.807) is 36.4 Å². The number of methoxy groups -OCH3 is 2. The Morgan fingerprint density at radius 1 is 0.958 bits per heavy atom. The molecule has 2 rings (SSSR count). The molecule has 0 bridgehead atoms. The molecule has 24 heavy (non-hydrogen) atoms. The molecule has 2 N–H and O–H groups in total. The SMILES string of the molecule is COc1cc(C(=O)NNC(=O)c2ccccc2Br)cc(OC)c1C. The largest absolute Gasteiger partial charge is 0.496 e. The number of amides is 2. The van der Waals surface area contributed by atoms with Gasteiger partial charge in [0.05, 0.1) is 19.8 Å². The average molecular weight is 393 g/mol. The van der Waals surface area contributed by atoms with E-state index in [1.807, 2.05) is 6.92 Å². The molecule has 0 saturated carbocycles. The van der Waals surface area contributed by atoms with E-state index < -0.39 is 11.8 Å². The van der Waals surface area contributed by atoms with Crippen LogP contribution in [0.1, 0.15) is 26.3 Å². The van der Waals surface area contributed by atoms with Crippen LogP contribution in [0.15, 0.2) is 40.9 Å². The minimum atomic E-state index is -0.480. The van der Waals surface area contributed by atoms with E-state index in [2.05, 4.69) is 26.8 Å². The first kappa shape index (κ1) is 17.8. The Morgan fingerprint density at radius 3 is 2.04 bits per heavy atom. The maximum Gasteiger partial charge on any atom is 0.270 e. The molecule has 2 aromatic rings. The summed E-state index contributed by atoms with van der Waals surface area (Å²) in [6.45, 7) is 1.83. The second-order valence-corrected chi connectivity index (χ2v) is 5.75. The Morgan fingerprint density at radius 2 is 1.50 bits per heavy atom. The summed E-state index contributed by atoms with van der Waals surface area (Å²) in [7, 11) is 3.02. The predicted molar refractivity (Wildman–Crippen MR) is 93.4 cm³/mol. The topological polar surface area (TPSA) is 76.7 Å². The van der Waals surface area contributed by atoms with Crippen molar-refractivity contribution in [3.8, 4) is 11.5 Å². The standard InChI is InChI=1S/C17H17BrN2O4/c1-10-14(23-2)8-11(9-15(10)24-3)16(21)19-20-17(22)12-6-4-5-7-13(12)18/h4-9H,1-3H3,(H,19,21)(H,20,22). The van der Waals surface area contributed by atoms with Crippen molar-refractivity contribution in [2.24, 2.45) is 0 Å². The molecule has 0 aliphatic carbocycles. The number of hydrogen-bond donors (Lipinski definition) is 2. The summed E-state index contributed by atoms with van der Waals surface area (Å²) < 4.78 is 11.1. The van der Waals surface area contributed by atoms with E-state index in [-0.39, 0.29) is 0 Å². The fourth-order valence-corrected chi connectivity index (χ4v) is 2.58. The lowest BCUT2D eigenvalue weighted by Gasteiger charge is -2.13. The third-order valence-corrected chi connectivity index (χ3v) is 4.11. The van der Waals surface area contributed by atoms with Crippen molar-refractivity contribution < 1.29 is 19.1 Å². The molecule has 0 radical (unpaired) electrons. The molecule has 7 heteroatoms. The normalized spacial score (nSPS) is 10.0. The van der Waals surface area contributed by atoms with Gasteiger partial charge in [-0.25, -0.2) is 0 Å². The molecule has 0 heterocycles. The first-order valence-corrected chi connectivity index (χ1v) is 7.85. The fraction of sp³-hybridized carbons (Fsp3) is 0.176. The summed E-state index contributed by atoms with van der Waals surface area (Å²) >= 11 is 3.29. The molecular formula is C17H17BrN2O4. The minimum absolute atomic E-state index is 0.307. The van der Waals surface area contributed by atoms with Gasteiger partial charge in [0.25, 0.3) is 11.8 Å². The molecule has 6 nitrogen and oxygen atoms in total. The number of ether oxygens (including phenoxy) is 2. The van der Waals surface area contributed by atoms with Crippen LogP contribution < -0.4 is 20.3 Å². The Bertz CT molecular complexity index is 752. The Balaban J connectivity index is 2.13. The van der Waals surface area contributed by atoms with Crippen LogP contribution in [-0.4, -0.2) is 26.0 Å². The van der Waals surface area contributed by atoms with Crippen molar-refractivity contribution in [1.29, 1.82) is 0 Å². The molecule has 0 atom stereocenters. The van der Waals surface area contributed by atoms with Crippen LogP contribution in [-0.2, 0) is 0 Å². The number of hydrogen-bond acceptors (Lipinski definition) is 4. The lowest BCUT2D eigenvalue weighted by atomic mass is 10.1. The van der Waals surface area contributed by atoms with Crippen molar-refractivity contribution in [1.82, 2.24) is 10.9 Å². The quantitative estimate of drug-likeness (QED) is 0.784. The van der Waals surface area contributed by atoms with Gasteiger partial charge < -0.3 is 9.47 Å². The van der Waals surface area contributed by atoms with E-state index in [4.69, 9.17) is 9.47 Å². The van der Waals surface area contributed by atoms with E-state index in [0.29, 0.717) is 27.1 Å². The van der Waals surface area contributed by atoms with Gasteiger partial charge >= 0.3 is 0 Å². The maximum absolute atomic E-state index is 12.3. The van der Waals surface area contributed by atoms with Crippen LogP contribution in [0.2, 0.25) is 0 Å². The molecule has 0 fully saturated rings. The highest BCUT2D eigenvalue weighted by molar-refractivity contribution is 9.10. The van der Waals surface area contributed by atoms with Gasteiger partial charge in [0.2, 0.25) is 0 Å². The Hall–Kier alpha value is -2.54. The smallest absolute Gasteiger partial charge is 0.270 e. The molecule has 0 saturated heterocycles. The first-order valence-electron chi connectivity index (χ1n) is 7.05. The zero-order valence-corrected chi connectivity index (χ0v) is 15.1. The first-order chi connectivity index (χ1) is 11.5. The van der Waals surface area contributed by atoms with Gasteiger partial charge in [0.1, 0.15) is 11.5 Å². The van der Waals surface area contributed by atoms with Gasteiger partial charge in [0, 0.05) is 15.6 Å². The van der Waals surface area contributed by atoms with Gasteiger partial charge in [-0.1, -0.05) is 12.1 Å². The summed E-state index contributed by atoms with van der Waals surface area (Å²) in [4.78, 5) is 24.4. The number of halogens is 1. The zero-order chi connectivity index (χ0) is 17.7. The maximum atomic E-state index is 12.3. The number of carbonyl (C=O) groups excluding carboxylic acids is 2. The van der Waals surface area contributed by atoms with Crippen LogP contribution in [0.4, 0.5) is 0 Å². The van der Waals surface area contributed by atoms with Gasteiger partial charge in [0.15, 0.2) is 0 Å². The number of benzene rings is 2. The highest BCUT2D eigenvalue weighted by atomic mass is 79.9. The molecule has 126 valence electrons. The van der Waals surface area contributed by atoms with Gasteiger partial charge in [-0.2, -0.15) is 0 Å². The Kier molecular flexibility index (Phi) is 5.81. The van der Waals surface area contributed by atoms with Crippen LogP contribution in [0, 0.1) is 6.92 Å². The third-order valence-electron chi connectivity index (χ3n) is 3.42. The molecule has 2 aromatic carbocycles. The number of nitrogens with one attached hydrogen (secondary N) is 2. The van der Waals surface area contributed by atoms with E-state index in [1.165, 1.54) is 14.2 Å². The van der Waals surface area contributed by atoms with Crippen molar-refractivity contribution in [3.63, 3.8) is 0 Å². The molecule has 0 unspecified atom stereocenters. The molecule has 0 aromatic heterocycles. The van der Waals surface area contributed by atoms with E-state index in [9.17, 15) is 9.59 Å². The second kappa shape index (κ2) is 7.83. The Labute approximate surface area is 148 Å². The summed E-state index contributed by atoms with van der Waals surface area (Å²) in [5.41, 5.74) is 6.26. The van der Waals surface area contributed by atoms with Gasteiger partial charge in [-0.3, -0.25) is 20.4 Å². The highest BCUT2D eigenvalue weighted by Gasteiger charge is 2.15. The molecule has 0 aliphatic heterocycles. The van der Waals surface area contributed by atoms with E-state index >= 15 is 0 Å². The summed E-state index contributed by atoms with van der Waals surface area (Å²) in [5.74, 6) is 0.141.